The topological polar surface area (TPSA) is 24.1 Å². The Labute approximate surface area is 62.7 Å². The van der Waals surface area contributed by atoms with Crippen molar-refractivity contribution in [1.82, 2.24) is 10.6 Å². The van der Waals surface area contributed by atoms with Crippen molar-refractivity contribution in [1.29, 1.82) is 0 Å². The fourth-order valence-electron chi connectivity index (χ4n) is 1.24. The zero-order valence-electron chi connectivity index (χ0n) is 6.56. The van der Waals surface area contributed by atoms with E-state index in [2.05, 4.69) is 24.1 Å². The lowest BCUT2D eigenvalue weighted by Gasteiger charge is -2.14. The van der Waals surface area contributed by atoms with Crippen LogP contribution in [0.2, 0.25) is 0 Å². The largest absolute Gasteiger partial charge is 0.315 e. The maximum Gasteiger partial charge on any atom is 0.0222 e. The Morgan fingerprint density at radius 2 is 2.60 bits per heavy atom. The smallest absolute Gasteiger partial charge is 0.0222 e. The van der Waals surface area contributed by atoms with Crippen molar-refractivity contribution in [2.75, 3.05) is 13.1 Å². The first kappa shape index (κ1) is 7.76. The van der Waals surface area contributed by atoms with E-state index in [1.807, 2.05) is 6.08 Å². The fraction of sp³-hybridized carbons (Fsp3) is 0.750. The minimum atomic E-state index is 0.449. The van der Waals surface area contributed by atoms with E-state index in [1.165, 1.54) is 6.42 Å². The summed E-state index contributed by atoms with van der Waals surface area (Å²) in [5.41, 5.74) is 0. The summed E-state index contributed by atoms with van der Waals surface area (Å²) in [6, 6.07) is 1.11. The molecule has 0 aromatic heterocycles. The molecule has 0 radical (unpaired) electrons. The van der Waals surface area contributed by atoms with Crippen molar-refractivity contribution >= 4 is 0 Å². The highest BCUT2D eigenvalue weighted by atomic mass is 15.0. The van der Waals surface area contributed by atoms with Crippen molar-refractivity contribution in [3.05, 3.63) is 12.7 Å². The SMILES string of the molecule is C=CC(C)NC1CCNC1. The van der Waals surface area contributed by atoms with Crippen LogP contribution in [0.25, 0.3) is 0 Å². The van der Waals surface area contributed by atoms with Gasteiger partial charge in [0.2, 0.25) is 0 Å². The van der Waals surface area contributed by atoms with Gasteiger partial charge in [0.05, 0.1) is 0 Å². The van der Waals surface area contributed by atoms with Crippen LogP contribution in [0.1, 0.15) is 13.3 Å². The number of nitrogens with one attached hydrogen (secondary N) is 2. The van der Waals surface area contributed by atoms with Crippen LogP contribution < -0.4 is 10.6 Å². The van der Waals surface area contributed by atoms with Gasteiger partial charge in [-0.05, 0) is 19.9 Å². The van der Waals surface area contributed by atoms with Crippen LogP contribution >= 0.6 is 0 Å². The molecular weight excluding hydrogens is 124 g/mol. The summed E-state index contributed by atoms with van der Waals surface area (Å²) in [6.45, 7) is 8.11. The standard InChI is InChI=1S/C8H16N2/c1-3-7(2)10-8-4-5-9-6-8/h3,7-10H,1,4-6H2,2H3. The van der Waals surface area contributed by atoms with E-state index in [9.17, 15) is 0 Å². The maximum absolute atomic E-state index is 3.72. The lowest BCUT2D eigenvalue weighted by atomic mass is 10.2. The highest BCUT2D eigenvalue weighted by molar-refractivity contribution is 4.87. The predicted molar refractivity (Wildman–Crippen MR) is 44.1 cm³/mol. The summed E-state index contributed by atoms with van der Waals surface area (Å²) < 4.78 is 0. The molecule has 1 saturated heterocycles. The van der Waals surface area contributed by atoms with Crippen molar-refractivity contribution in [3.8, 4) is 0 Å². The van der Waals surface area contributed by atoms with Gasteiger partial charge in [0, 0.05) is 18.6 Å². The maximum atomic E-state index is 3.72. The van der Waals surface area contributed by atoms with Crippen LogP contribution in [0.4, 0.5) is 0 Å². The van der Waals surface area contributed by atoms with Crippen molar-refractivity contribution in [2.24, 2.45) is 0 Å². The van der Waals surface area contributed by atoms with Crippen LogP contribution in [0.15, 0.2) is 12.7 Å². The van der Waals surface area contributed by atoms with Crippen molar-refractivity contribution in [2.45, 2.75) is 25.4 Å². The Morgan fingerprint density at radius 3 is 3.10 bits per heavy atom. The molecule has 0 spiro atoms. The van der Waals surface area contributed by atoms with Gasteiger partial charge in [0.25, 0.3) is 0 Å². The minimum Gasteiger partial charge on any atom is -0.315 e. The molecule has 1 rings (SSSR count). The molecule has 1 aliphatic rings. The number of rotatable bonds is 3. The highest BCUT2D eigenvalue weighted by Crippen LogP contribution is 1.98. The normalized spacial score (nSPS) is 28.3. The zero-order chi connectivity index (χ0) is 7.40. The Bertz CT molecular complexity index is 106. The molecule has 0 aromatic rings. The second-order valence-electron chi connectivity index (χ2n) is 2.88. The van der Waals surface area contributed by atoms with Gasteiger partial charge in [-0.3, -0.25) is 0 Å². The monoisotopic (exact) mass is 140 g/mol. The van der Waals surface area contributed by atoms with Gasteiger partial charge in [-0.1, -0.05) is 6.08 Å². The van der Waals surface area contributed by atoms with E-state index in [1.54, 1.807) is 0 Å². The summed E-state index contributed by atoms with van der Waals surface area (Å²) in [4.78, 5) is 0. The molecule has 1 heterocycles. The van der Waals surface area contributed by atoms with E-state index in [0.717, 1.165) is 13.1 Å². The molecule has 0 aromatic carbocycles. The molecule has 2 heteroatoms. The fourth-order valence-corrected chi connectivity index (χ4v) is 1.24. The summed E-state index contributed by atoms with van der Waals surface area (Å²) >= 11 is 0. The van der Waals surface area contributed by atoms with Crippen molar-refractivity contribution < 1.29 is 0 Å². The van der Waals surface area contributed by atoms with Crippen LogP contribution in [-0.2, 0) is 0 Å². The number of hydrogen-bond donors (Lipinski definition) is 2. The Kier molecular flexibility index (Phi) is 2.90. The second-order valence-corrected chi connectivity index (χ2v) is 2.88. The van der Waals surface area contributed by atoms with E-state index in [0.29, 0.717) is 12.1 Å². The van der Waals surface area contributed by atoms with Gasteiger partial charge < -0.3 is 10.6 Å². The summed E-state index contributed by atoms with van der Waals surface area (Å²) in [6.07, 6.45) is 3.19. The zero-order valence-corrected chi connectivity index (χ0v) is 6.56. The van der Waals surface area contributed by atoms with Crippen LogP contribution in [0.5, 0.6) is 0 Å². The average Bonchev–Trinajstić information content (AvgIpc) is 2.40. The van der Waals surface area contributed by atoms with Crippen LogP contribution in [-0.4, -0.2) is 25.2 Å². The third kappa shape index (κ3) is 2.12. The van der Waals surface area contributed by atoms with Crippen LogP contribution in [0.3, 0.4) is 0 Å². The number of hydrogen-bond acceptors (Lipinski definition) is 2. The molecule has 58 valence electrons. The summed E-state index contributed by atoms with van der Waals surface area (Å²) in [5.74, 6) is 0. The molecule has 10 heavy (non-hydrogen) atoms. The van der Waals surface area contributed by atoms with E-state index < -0.39 is 0 Å². The van der Waals surface area contributed by atoms with E-state index in [4.69, 9.17) is 0 Å². The molecule has 2 atom stereocenters. The van der Waals surface area contributed by atoms with E-state index in [-0.39, 0.29) is 0 Å². The Morgan fingerprint density at radius 1 is 1.80 bits per heavy atom. The predicted octanol–water partition coefficient (Wildman–Crippen LogP) is 0.512. The highest BCUT2D eigenvalue weighted by Gasteiger charge is 2.14. The molecule has 0 aliphatic carbocycles. The van der Waals surface area contributed by atoms with Gasteiger partial charge in [-0.15, -0.1) is 6.58 Å². The molecule has 2 N–H and O–H groups in total. The van der Waals surface area contributed by atoms with Gasteiger partial charge in [0.15, 0.2) is 0 Å². The quantitative estimate of drug-likeness (QED) is 0.558. The first-order valence-electron chi connectivity index (χ1n) is 3.92. The van der Waals surface area contributed by atoms with Gasteiger partial charge in [0.1, 0.15) is 0 Å². The molecular formula is C8H16N2. The Hall–Kier alpha value is -0.340. The second kappa shape index (κ2) is 3.74. The Balaban J connectivity index is 2.17. The minimum absolute atomic E-state index is 0.449. The summed E-state index contributed by atoms with van der Waals surface area (Å²) in [7, 11) is 0. The molecule has 2 unspecified atom stereocenters. The van der Waals surface area contributed by atoms with Crippen LogP contribution in [0, 0.1) is 0 Å². The lowest BCUT2D eigenvalue weighted by molar-refractivity contribution is 0.516. The average molecular weight is 140 g/mol. The summed E-state index contributed by atoms with van der Waals surface area (Å²) in [5, 5.41) is 6.75. The van der Waals surface area contributed by atoms with Gasteiger partial charge in [-0.25, -0.2) is 0 Å². The molecule has 2 nitrogen and oxygen atoms in total. The lowest BCUT2D eigenvalue weighted by Crippen LogP contribution is -2.36. The van der Waals surface area contributed by atoms with Gasteiger partial charge >= 0.3 is 0 Å². The molecule has 1 fully saturated rings. The first-order valence-corrected chi connectivity index (χ1v) is 3.92. The van der Waals surface area contributed by atoms with Crippen molar-refractivity contribution in [3.63, 3.8) is 0 Å². The third-order valence-corrected chi connectivity index (χ3v) is 1.91. The van der Waals surface area contributed by atoms with E-state index >= 15 is 0 Å². The molecule has 0 saturated carbocycles. The molecule has 0 bridgehead atoms. The third-order valence-electron chi connectivity index (χ3n) is 1.91. The molecule has 1 aliphatic heterocycles. The molecule has 0 amide bonds. The van der Waals surface area contributed by atoms with Gasteiger partial charge in [-0.2, -0.15) is 0 Å². The first-order chi connectivity index (χ1) is 4.83.